The SMILES string of the molecule is Cc1cccc(Nc2ccc(NC(=O)NC3CCCCC3)nn2)c1C. The van der Waals surface area contributed by atoms with E-state index in [0.29, 0.717) is 11.6 Å². The maximum absolute atomic E-state index is 12.0. The maximum Gasteiger partial charge on any atom is 0.320 e. The smallest absolute Gasteiger partial charge is 0.320 e. The third kappa shape index (κ3) is 4.68. The third-order valence-electron chi connectivity index (χ3n) is 4.71. The van der Waals surface area contributed by atoms with E-state index in [9.17, 15) is 4.79 Å². The van der Waals surface area contributed by atoms with E-state index >= 15 is 0 Å². The van der Waals surface area contributed by atoms with Crippen LogP contribution in [0.25, 0.3) is 0 Å². The highest BCUT2D eigenvalue weighted by atomic mass is 16.2. The molecule has 1 saturated carbocycles. The number of carbonyl (C=O) groups is 1. The van der Waals surface area contributed by atoms with E-state index in [4.69, 9.17) is 0 Å². The average Bonchev–Trinajstić information content (AvgIpc) is 2.61. The van der Waals surface area contributed by atoms with Crippen LogP contribution in [0.15, 0.2) is 30.3 Å². The second-order valence-electron chi connectivity index (χ2n) is 6.61. The standard InChI is InChI=1S/C19H25N5O/c1-13-7-6-10-16(14(13)2)21-17-11-12-18(24-23-17)22-19(25)20-15-8-4-3-5-9-15/h6-7,10-12,15H,3-5,8-9H2,1-2H3,(H,21,23)(H2,20,22,24,25). The van der Waals surface area contributed by atoms with Crippen LogP contribution >= 0.6 is 0 Å². The van der Waals surface area contributed by atoms with Crippen molar-refractivity contribution in [3.8, 4) is 0 Å². The molecular formula is C19H25N5O. The zero-order valence-corrected chi connectivity index (χ0v) is 14.8. The Hall–Kier alpha value is -2.63. The molecule has 2 amide bonds. The van der Waals surface area contributed by atoms with Crippen molar-refractivity contribution in [1.29, 1.82) is 0 Å². The summed E-state index contributed by atoms with van der Waals surface area (Å²) in [6.45, 7) is 4.14. The summed E-state index contributed by atoms with van der Waals surface area (Å²) in [6, 6.07) is 9.70. The van der Waals surface area contributed by atoms with Gasteiger partial charge in [0.05, 0.1) is 0 Å². The van der Waals surface area contributed by atoms with E-state index in [2.05, 4.69) is 46.1 Å². The lowest BCUT2D eigenvalue weighted by Gasteiger charge is -2.22. The van der Waals surface area contributed by atoms with Crippen molar-refractivity contribution >= 4 is 23.4 Å². The van der Waals surface area contributed by atoms with Crippen LogP contribution in [0.4, 0.5) is 22.1 Å². The number of rotatable bonds is 4. The van der Waals surface area contributed by atoms with Gasteiger partial charge in [-0.25, -0.2) is 4.79 Å². The van der Waals surface area contributed by atoms with Gasteiger partial charge >= 0.3 is 6.03 Å². The van der Waals surface area contributed by atoms with Crippen molar-refractivity contribution in [2.75, 3.05) is 10.6 Å². The highest BCUT2D eigenvalue weighted by Gasteiger charge is 2.15. The number of urea groups is 1. The van der Waals surface area contributed by atoms with Crippen molar-refractivity contribution in [3.05, 3.63) is 41.5 Å². The van der Waals surface area contributed by atoms with Crippen molar-refractivity contribution in [2.45, 2.75) is 52.0 Å². The molecule has 0 unspecified atom stereocenters. The van der Waals surface area contributed by atoms with Crippen LogP contribution in [0.5, 0.6) is 0 Å². The highest BCUT2D eigenvalue weighted by molar-refractivity contribution is 5.88. The molecule has 0 radical (unpaired) electrons. The summed E-state index contributed by atoms with van der Waals surface area (Å²) >= 11 is 0. The Morgan fingerprint density at radius 2 is 1.72 bits per heavy atom. The molecule has 25 heavy (non-hydrogen) atoms. The molecule has 0 atom stereocenters. The number of anilines is 3. The monoisotopic (exact) mass is 339 g/mol. The summed E-state index contributed by atoms with van der Waals surface area (Å²) in [4.78, 5) is 12.0. The Kier molecular flexibility index (Phi) is 5.48. The van der Waals surface area contributed by atoms with Gasteiger partial charge in [-0.05, 0) is 56.0 Å². The zero-order chi connectivity index (χ0) is 17.6. The minimum absolute atomic E-state index is 0.212. The molecule has 6 nitrogen and oxygen atoms in total. The fourth-order valence-corrected chi connectivity index (χ4v) is 3.07. The van der Waals surface area contributed by atoms with Gasteiger partial charge in [0, 0.05) is 11.7 Å². The quantitative estimate of drug-likeness (QED) is 0.776. The van der Waals surface area contributed by atoms with Crippen molar-refractivity contribution in [2.24, 2.45) is 0 Å². The number of aryl methyl sites for hydroxylation is 1. The first-order valence-electron chi connectivity index (χ1n) is 8.86. The highest BCUT2D eigenvalue weighted by Crippen LogP contribution is 2.22. The summed E-state index contributed by atoms with van der Waals surface area (Å²) in [6.07, 6.45) is 5.74. The van der Waals surface area contributed by atoms with Crippen LogP contribution in [0, 0.1) is 13.8 Å². The minimum atomic E-state index is -0.212. The number of hydrogen-bond donors (Lipinski definition) is 3. The largest absolute Gasteiger partial charge is 0.339 e. The second kappa shape index (κ2) is 7.96. The topological polar surface area (TPSA) is 78.9 Å². The van der Waals surface area contributed by atoms with Gasteiger partial charge in [-0.2, -0.15) is 0 Å². The fourth-order valence-electron chi connectivity index (χ4n) is 3.07. The normalized spacial score (nSPS) is 14.8. The molecule has 3 rings (SSSR count). The first-order chi connectivity index (χ1) is 12.1. The Morgan fingerprint density at radius 1 is 1.00 bits per heavy atom. The summed E-state index contributed by atoms with van der Waals surface area (Å²) in [7, 11) is 0. The maximum atomic E-state index is 12.0. The van der Waals surface area contributed by atoms with Gasteiger partial charge < -0.3 is 10.6 Å². The molecule has 132 valence electrons. The number of hydrogen-bond acceptors (Lipinski definition) is 4. The molecule has 3 N–H and O–H groups in total. The van der Waals surface area contributed by atoms with Crippen LogP contribution in [-0.2, 0) is 0 Å². The Balaban J connectivity index is 1.56. The first-order valence-corrected chi connectivity index (χ1v) is 8.86. The number of aromatic nitrogens is 2. The molecule has 0 bridgehead atoms. The van der Waals surface area contributed by atoms with Gasteiger partial charge in [-0.15, -0.1) is 10.2 Å². The summed E-state index contributed by atoms with van der Waals surface area (Å²) in [5.41, 5.74) is 3.40. The Bertz CT molecular complexity index is 723. The predicted octanol–water partition coefficient (Wildman–Crippen LogP) is 4.29. The van der Waals surface area contributed by atoms with E-state index in [1.54, 1.807) is 6.07 Å². The second-order valence-corrected chi connectivity index (χ2v) is 6.61. The van der Waals surface area contributed by atoms with Gasteiger partial charge in [0.25, 0.3) is 0 Å². The molecule has 0 aliphatic heterocycles. The van der Waals surface area contributed by atoms with E-state index in [-0.39, 0.29) is 12.1 Å². The van der Waals surface area contributed by atoms with Crippen LogP contribution in [0.1, 0.15) is 43.2 Å². The summed E-state index contributed by atoms with van der Waals surface area (Å²) in [5.74, 6) is 1.09. The lowest BCUT2D eigenvalue weighted by Crippen LogP contribution is -2.39. The fraction of sp³-hybridized carbons (Fsp3) is 0.421. The van der Waals surface area contributed by atoms with Crippen molar-refractivity contribution < 1.29 is 4.79 Å². The van der Waals surface area contributed by atoms with Gasteiger partial charge in [0.2, 0.25) is 0 Å². The van der Waals surface area contributed by atoms with Gasteiger partial charge in [0.1, 0.15) is 0 Å². The molecule has 6 heteroatoms. The van der Waals surface area contributed by atoms with E-state index < -0.39 is 0 Å². The molecule has 2 aromatic rings. The molecule has 1 fully saturated rings. The zero-order valence-electron chi connectivity index (χ0n) is 14.8. The third-order valence-corrected chi connectivity index (χ3v) is 4.71. The van der Waals surface area contributed by atoms with E-state index in [0.717, 1.165) is 18.5 Å². The number of carbonyl (C=O) groups excluding carboxylic acids is 1. The molecule has 0 saturated heterocycles. The molecule has 1 aliphatic rings. The molecule has 1 aliphatic carbocycles. The van der Waals surface area contributed by atoms with E-state index in [1.807, 2.05) is 18.2 Å². The minimum Gasteiger partial charge on any atom is -0.339 e. The van der Waals surface area contributed by atoms with Gasteiger partial charge in [0.15, 0.2) is 11.6 Å². The molecular weight excluding hydrogens is 314 g/mol. The lowest BCUT2D eigenvalue weighted by molar-refractivity contribution is 0.244. The number of nitrogens with zero attached hydrogens (tertiary/aromatic N) is 2. The first kappa shape index (κ1) is 17.2. The van der Waals surface area contributed by atoms with Crippen LogP contribution in [0.3, 0.4) is 0 Å². The Labute approximate surface area is 148 Å². The molecule has 1 aromatic heterocycles. The van der Waals surface area contributed by atoms with Crippen LogP contribution < -0.4 is 16.0 Å². The van der Waals surface area contributed by atoms with Crippen molar-refractivity contribution in [3.63, 3.8) is 0 Å². The van der Waals surface area contributed by atoms with E-state index in [1.165, 1.54) is 30.4 Å². The van der Waals surface area contributed by atoms with Crippen molar-refractivity contribution in [1.82, 2.24) is 15.5 Å². The summed E-state index contributed by atoms with van der Waals surface area (Å²) in [5, 5.41) is 17.2. The molecule has 1 heterocycles. The number of amides is 2. The summed E-state index contributed by atoms with van der Waals surface area (Å²) < 4.78 is 0. The van der Waals surface area contributed by atoms with Gasteiger partial charge in [-0.1, -0.05) is 31.4 Å². The van der Waals surface area contributed by atoms with Gasteiger partial charge in [-0.3, -0.25) is 5.32 Å². The lowest BCUT2D eigenvalue weighted by atomic mass is 9.96. The number of benzene rings is 1. The average molecular weight is 339 g/mol. The van der Waals surface area contributed by atoms with Crippen LogP contribution in [0.2, 0.25) is 0 Å². The molecule has 0 spiro atoms. The Morgan fingerprint density at radius 3 is 2.44 bits per heavy atom. The predicted molar refractivity (Wildman–Crippen MR) is 100 cm³/mol. The number of nitrogens with one attached hydrogen (secondary N) is 3. The molecule has 1 aromatic carbocycles. The van der Waals surface area contributed by atoms with Crippen LogP contribution in [-0.4, -0.2) is 22.3 Å².